The molecule has 1 aliphatic heterocycles. The summed E-state index contributed by atoms with van der Waals surface area (Å²) in [6, 6.07) is 7.43. The Morgan fingerprint density at radius 1 is 1.39 bits per heavy atom. The molecule has 1 fully saturated rings. The molecular weight excluding hydrogens is 296 g/mol. The number of aromatic nitrogens is 2. The van der Waals surface area contributed by atoms with Gasteiger partial charge in [0.15, 0.2) is 0 Å². The summed E-state index contributed by atoms with van der Waals surface area (Å²) in [5.74, 6) is 1.95. The first-order valence-electron chi connectivity index (χ1n) is 7.72. The smallest absolute Gasteiger partial charge is 0.317 e. The number of amides is 2. The standard InChI is InChI=1S/C16H20N4O3/c1-3-17-16(21)20-9-8-12(10-20)15-19-18-14(23-15)11-4-6-13(22-2)7-5-11/h4-7,12H,3,8-10H2,1-2H3,(H,17,21). The van der Waals surface area contributed by atoms with Crippen LogP contribution in [0.5, 0.6) is 5.75 Å². The molecule has 3 rings (SSSR count). The van der Waals surface area contributed by atoms with Crippen molar-refractivity contribution in [1.29, 1.82) is 0 Å². The van der Waals surface area contributed by atoms with Crippen LogP contribution in [0.2, 0.25) is 0 Å². The number of hydrogen-bond acceptors (Lipinski definition) is 5. The fourth-order valence-electron chi connectivity index (χ4n) is 2.66. The zero-order valence-electron chi connectivity index (χ0n) is 13.3. The summed E-state index contributed by atoms with van der Waals surface area (Å²) in [6.45, 7) is 3.85. The third-order valence-electron chi connectivity index (χ3n) is 3.93. The summed E-state index contributed by atoms with van der Waals surface area (Å²) in [5, 5.41) is 11.1. The zero-order valence-corrected chi connectivity index (χ0v) is 13.3. The summed E-state index contributed by atoms with van der Waals surface area (Å²) >= 11 is 0. The second-order valence-corrected chi connectivity index (χ2v) is 5.44. The van der Waals surface area contributed by atoms with E-state index in [9.17, 15) is 4.79 Å². The highest BCUT2D eigenvalue weighted by Gasteiger charge is 2.30. The third kappa shape index (κ3) is 3.28. The molecule has 1 aromatic heterocycles. The molecule has 2 heterocycles. The SMILES string of the molecule is CCNC(=O)N1CCC(c2nnc(-c3ccc(OC)cc3)o2)C1. The number of carbonyl (C=O) groups is 1. The van der Waals surface area contributed by atoms with Crippen LogP contribution in [-0.4, -0.2) is 47.9 Å². The number of rotatable bonds is 4. The number of carbonyl (C=O) groups excluding carboxylic acids is 1. The second-order valence-electron chi connectivity index (χ2n) is 5.44. The van der Waals surface area contributed by atoms with Crippen molar-refractivity contribution in [1.82, 2.24) is 20.4 Å². The predicted molar refractivity (Wildman–Crippen MR) is 84.3 cm³/mol. The van der Waals surface area contributed by atoms with Crippen LogP contribution in [-0.2, 0) is 0 Å². The van der Waals surface area contributed by atoms with Crippen LogP contribution in [0.4, 0.5) is 4.79 Å². The molecule has 1 N–H and O–H groups in total. The van der Waals surface area contributed by atoms with Crippen LogP contribution in [0.15, 0.2) is 28.7 Å². The summed E-state index contributed by atoms with van der Waals surface area (Å²) in [4.78, 5) is 13.6. The first-order valence-corrected chi connectivity index (χ1v) is 7.72. The minimum Gasteiger partial charge on any atom is -0.497 e. The number of nitrogens with one attached hydrogen (secondary N) is 1. The summed E-state index contributed by atoms with van der Waals surface area (Å²) in [6.07, 6.45) is 0.835. The van der Waals surface area contributed by atoms with Crippen molar-refractivity contribution in [2.24, 2.45) is 0 Å². The van der Waals surface area contributed by atoms with Crippen LogP contribution in [0, 0.1) is 0 Å². The van der Waals surface area contributed by atoms with Gasteiger partial charge in [-0.1, -0.05) is 0 Å². The fourth-order valence-corrected chi connectivity index (χ4v) is 2.66. The highest BCUT2D eigenvalue weighted by atomic mass is 16.5. The van der Waals surface area contributed by atoms with Gasteiger partial charge in [0.25, 0.3) is 0 Å². The van der Waals surface area contributed by atoms with E-state index in [4.69, 9.17) is 9.15 Å². The van der Waals surface area contributed by atoms with Crippen molar-refractivity contribution in [2.45, 2.75) is 19.3 Å². The number of ether oxygens (including phenoxy) is 1. The lowest BCUT2D eigenvalue weighted by atomic mass is 10.1. The molecule has 0 saturated carbocycles. The molecule has 122 valence electrons. The third-order valence-corrected chi connectivity index (χ3v) is 3.93. The molecule has 7 heteroatoms. The van der Waals surface area contributed by atoms with E-state index in [0.29, 0.717) is 31.4 Å². The summed E-state index contributed by atoms with van der Waals surface area (Å²) in [5.41, 5.74) is 0.850. The minimum atomic E-state index is -0.0371. The topological polar surface area (TPSA) is 80.5 Å². The maximum absolute atomic E-state index is 11.8. The van der Waals surface area contributed by atoms with E-state index in [0.717, 1.165) is 17.7 Å². The molecule has 1 atom stereocenters. The van der Waals surface area contributed by atoms with Crippen molar-refractivity contribution in [2.75, 3.05) is 26.7 Å². The predicted octanol–water partition coefficient (Wildman–Crippen LogP) is 2.26. The van der Waals surface area contributed by atoms with Gasteiger partial charge in [-0.25, -0.2) is 4.79 Å². The largest absolute Gasteiger partial charge is 0.497 e. The van der Waals surface area contributed by atoms with Gasteiger partial charge in [0.1, 0.15) is 5.75 Å². The van der Waals surface area contributed by atoms with Gasteiger partial charge < -0.3 is 19.4 Å². The van der Waals surface area contributed by atoms with Crippen LogP contribution in [0.3, 0.4) is 0 Å². The highest BCUT2D eigenvalue weighted by molar-refractivity contribution is 5.74. The molecule has 1 saturated heterocycles. The molecule has 7 nitrogen and oxygen atoms in total. The van der Waals surface area contributed by atoms with E-state index >= 15 is 0 Å². The van der Waals surface area contributed by atoms with Crippen molar-refractivity contribution in [3.63, 3.8) is 0 Å². The van der Waals surface area contributed by atoms with Crippen LogP contribution >= 0.6 is 0 Å². The van der Waals surface area contributed by atoms with Gasteiger partial charge in [-0.15, -0.1) is 10.2 Å². The molecule has 1 unspecified atom stereocenters. The average Bonchev–Trinajstić information content (AvgIpc) is 3.24. The molecule has 2 aromatic rings. The molecule has 0 aliphatic carbocycles. The van der Waals surface area contributed by atoms with Gasteiger partial charge in [0.05, 0.1) is 13.0 Å². The molecular formula is C16H20N4O3. The number of urea groups is 1. The molecule has 0 spiro atoms. The minimum absolute atomic E-state index is 0.0371. The number of likely N-dealkylation sites (tertiary alicyclic amines) is 1. The lowest BCUT2D eigenvalue weighted by Gasteiger charge is -2.15. The van der Waals surface area contributed by atoms with Gasteiger partial charge in [-0.2, -0.15) is 0 Å². The molecule has 0 radical (unpaired) electrons. The van der Waals surface area contributed by atoms with E-state index in [1.165, 1.54) is 0 Å². The normalized spacial score (nSPS) is 17.3. The summed E-state index contributed by atoms with van der Waals surface area (Å²) in [7, 11) is 1.63. The van der Waals surface area contributed by atoms with Crippen molar-refractivity contribution in [3.05, 3.63) is 30.2 Å². The van der Waals surface area contributed by atoms with Crippen LogP contribution < -0.4 is 10.1 Å². The number of hydrogen-bond donors (Lipinski definition) is 1. The Morgan fingerprint density at radius 2 is 2.17 bits per heavy atom. The molecule has 1 aromatic carbocycles. The Bertz CT molecular complexity index is 668. The Morgan fingerprint density at radius 3 is 2.87 bits per heavy atom. The van der Waals surface area contributed by atoms with E-state index in [1.54, 1.807) is 12.0 Å². The van der Waals surface area contributed by atoms with Gasteiger partial charge in [-0.05, 0) is 37.6 Å². The average molecular weight is 316 g/mol. The Labute approximate surface area is 134 Å². The van der Waals surface area contributed by atoms with Crippen LogP contribution in [0.25, 0.3) is 11.5 Å². The number of benzene rings is 1. The lowest BCUT2D eigenvalue weighted by Crippen LogP contribution is -2.38. The monoisotopic (exact) mass is 316 g/mol. The van der Waals surface area contributed by atoms with Crippen LogP contribution in [0.1, 0.15) is 25.2 Å². The molecule has 1 aliphatic rings. The highest BCUT2D eigenvalue weighted by Crippen LogP contribution is 2.29. The van der Waals surface area contributed by atoms with Crippen molar-refractivity contribution < 1.29 is 13.9 Å². The van der Waals surface area contributed by atoms with E-state index in [2.05, 4.69) is 15.5 Å². The molecule has 0 bridgehead atoms. The summed E-state index contributed by atoms with van der Waals surface area (Å²) < 4.78 is 10.9. The fraction of sp³-hybridized carbons (Fsp3) is 0.438. The second kappa shape index (κ2) is 6.68. The van der Waals surface area contributed by atoms with Gasteiger partial charge in [-0.3, -0.25) is 0 Å². The first kappa shape index (κ1) is 15.3. The Hall–Kier alpha value is -2.57. The zero-order chi connectivity index (χ0) is 16.2. The Balaban J connectivity index is 1.68. The maximum Gasteiger partial charge on any atom is 0.317 e. The Kier molecular flexibility index (Phi) is 4.45. The van der Waals surface area contributed by atoms with E-state index < -0.39 is 0 Å². The van der Waals surface area contributed by atoms with Crippen molar-refractivity contribution in [3.8, 4) is 17.2 Å². The first-order chi connectivity index (χ1) is 11.2. The number of nitrogens with zero attached hydrogens (tertiary/aromatic N) is 3. The lowest BCUT2D eigenvalue weighted by molar-refractivity contribution is 0.208. The number of methoxy groups -OCH3 is 1. The quantitative estimate of drug-likeness (QED) is 0.936. The van der Waals surface area contributed by atoms with Gasteiger partial charge in [0, 0.05) is 25.2 Å². The van der Waals surface area contributed by atoms with Gasteiger partial charge >= 0.3 is 6.03 Å². The molecule has 23 heavy (non-hydrogen) atoms. The van der Waals surface area contributed by atoms with E-state index in [-0.39, 0.29) is 11.9 Å². The van der Waals surface area contributed by atoms with Crippen molar-refractivity contribution >= 4 is 6.03 Å². The van der Waals surface area contributed by atoms with Gasteiger partial charge in [0.2, 0.25) is 11.8 Å². The maximum atomic E-state index is 11.8. The molecule has 2 amide bonds. The van der Waals surface area contributed by atoms with E-state index in [1.807, 2.05) is 31.2 Å².